The summed E-state index contributed by atoms with van der Waals surface area (Å²) in [7, 11) is -2.23. The summed E-state index contributed by atoms with van der Waals surface area (Å²) < 4.78 is 13.3. The van der Waals surface area contributed by atoms with E-state index >= 15 is 0 Å². The number of quaternary nitrogens is 1. The van der Waals surface area contributed by atoms with Crippen molar-refractivity contribution in [3.63, 3.8) is 0 Å². The van der Waals surface area contributed by atoms with E-state index in [1.165, 1.54) is 32.1 Å². The second-order valence-electron chi connectivity index (χ2n) is 6.21. The molecular weight excluding hydrogens is 317 g/mol. The summed E-state index contributed by atoms with van der Waals surface area (Å²) in [4.78, 5) is 0. The van der Waals surface area contributed by atoms with E-state index in [4.69, 9.17) is 0 Å². The van der Waals surface area contributed by atoms with Crippen LogP contribution in [0.1, 0.15) is 57.3 Å². The van der Waals surface area contributed by atoms with Crippen molar-refractivity contribution in [3.05, 3.63) is 29.8 Å². The van der Waals surface area contributed by atoms with Crippen LogP contribution in [0.4, 0.5) is 0 Å². The molecule has 0 amide bonds. The van der Waals surface area contributed by atoms with E-state index in [2.05, 4.69) is 5.32 Å². The molecular formula is C17H29ClNO2P. The number of hydrogen-bond donors (Lipinski definition) is 2. The molecule has 1 fully saturated rings. The highest BCUT2D eigenvalue weighted by Gasteiger charge is 2.36. The lowest BCUT2D eigenvalue weighted by Gasteiger charge is -2.30. The number of phenolic OH excluding ortho intramolecular Hbond substituents is 1. The number of hydrogen-bond acceptors (Lipinski definition) is 2. The average Bonchev–Trinajstić information content (AvgIpc) is 2.54. The number of benzene rings is 1. The molecule has 22 heavy (non-hydrogen) atoms. The molecule has 1 aromatic rings. The maximum absolute atomic E-state index is 13.3. The predicted octanol–water partition coefficient (Wildman–Crippen LogP) is 0.694. The van der Waals surface area contributed by atoms with Gasteiger partial charge in [-0.15, -0.1) is 0 Å². The van der Waals surface area contributed by atoms with Gasteiger partial charge in [0.1, 0.15) is 12.9 Å². The molecule has 5 heteroatoms. The standard InChI is InChI=1S/C17H28NO2P.ClH/c1-3-21(20,4-2)17(14-10-12-16(19)13-11-14)18-15-8-6-5-7-9-15;/h10-13,15,17-19H,3-9H2,1-2H3;1H. The molecule has 1 aliphatic rings. The third-order valence-electron chi connectivity index (χ3n) is 4.92. The Morgan fingerprint density at radius 3 is 2.18 bits per heavy atom. The quantitative estimate of drug-likeness (QED) is 0.746. The van der Waals surface area contributed by atoms with E-state index in [9.17, 15) is 9.67 Å². The first-order valence-electron chi connectivity index (χ1n) is 8.30. The molecule has 3 nitrogen and oxygen atoms in total. The van der Waals surface area contributed by atoms with Crippen LogP contribution in [0.3, 0.4) is 0 Å². The first kappa shape index (κ1) is 19.5. The lowest BCUT2D eigenvalue weighted by Crippen LogP contribution is -3.00. The van der Waals surface area contributed by atoms with Crippen LogP contribution >= 0.6 is 7.14 Å². The zero-order chi connectivity index (χ0) is 15.3. The molecule has 0 saturated heterocycles. The molecule has 0 radical (unpaired) electrons. The Kier molecular flexibility index (Phi) is 7.96. The lowest BCUT2D eigenvalue weighted by molar-refractivity contribution is -0.711. The first-order chi connectivity index (χ1) is 10.1. The van der Waals surface area contributed by atoms with Crippen molar-refractivity contribution in [3.8, 4) is 5.75 Å². The second-order valence-corrected chi connectivity index (χ2v) is 9.94. The SMILES string of the molecule is CCP(=O)(CC)C([NH2+]C1CCCCC1)c1ccc(O)cc1.[Cl-]. The fourth-order valence-corrected chi connectivity index (χ4v) is 5.92. The molecule has 2 rings (SSSR count). The van der Waals surface area contributed by atoms with Gasteiger partial charge in [0.15, 0.2) is 5.78 Å². The summed E-state index contributed by atoms with van der Waals surface area (Å²) in [6.07, 6.45) is 7.91. The minimum absolute atomic E-state index is 0. The highest BCUT2D eigenvalue weighted by Crippen LogP contribution is 2.55. The van der Waals surface area contributed by atoms with Crippen molar-refractivity contribution in [1.82, 2.24) is 0 Å². The van der Waals surface area contributed by atoms with Crippen molar-refractivity contribution < 1.29 is 27.4 Å². The van der Waals surface area contributed by atoms with Crippen LogP contribution in [0.25, 0.3) is 0 Å². The Morgan fingerprint density at radius 1 is 1.14 bits per heavy atom. The number of rotatable bonds is 6. The molecule has 0 heterocycles. The molecule has 1 unspecified atom stereocenters. The highest BCUT2D eigenvalue weighted by atomic mass is 35.5. The highest BCUT2D eigenvalue weighted by molar-refractivity contribution is 7.63. The molecule has 126 valence electrons. The molecule has 0 spiro atoms. The van der Waals surface area contributed by atoms with Crippen LogP contribution in [0, 0.1) is 0 Å². The maximum atomic E-state index is 13.3. The van der Waals surface area contributed by atoms with Gasteiger partial charge in [0, 0.05) is 17.9 Å². The number of aromatic hydroxyl groups is 1. The van der Waals surface area contributed by atoms with E-state index in [0.717, 1.165) is 17.9 Å². The Hall–Kier alpha value is -0.500. The van der Waals surface area contributed by atoms with Crippen LogP contribution in [0.5, 0.6) is 5.75 Å². The van der Waals surface area contributed by atoms with Gasteiger partial charge in [0.25, 0.3) is 0 Å². The maximum Gasteiger partial charge on any atom is 0.164 e. The van der Waals surface area contributed by atoms with Gasteiger partial charge in [-0.1, -0.05) is 20.3 Å². The van der Waals surface area contributed by atoms with Crippen molar-refractivity contribution in [2.75, 3.05) is 12.3 Å². The summed E-state index contributed by atoms with van der Waals surface area (Å²) in [5, 5.41) is 11.9. The van der Waals surface area contributed by atoms with Crippen LogP contribution in [-0.2, 0) is 4.57 Å². The fourth-order valence-electron chi connectivity index (χ4n) is 3.41. The van der Waals surface area contributed by atoms with E-state index < -0.39 is 7.14 Å². The third-order valence-corrected chi connectivity index (χ3v) is 8.54. The van der Waals surface area contributed by atoms with Gasteiger partial charge in [-0.25, -0.2) is 0 Å². The molecule has 1 saturated carbocycles. The van der Waals surface area contributed by atoms with Gasteiger partial charge in [-0.05, 0) is 49.9 Å². The van der Waals surface area contributed by atoms with E-state index in [1.807, 2.05) is 26.0 Å². The Balaban J connectivity index is 0.00000242. The largest absolute Gasteiger partial charge is 1.00 e. The van der Waals surface area contributed by atoms with Crippen LogP contribution in [0.15, 0.2) is 24.3 Å². The van der Waals surface area contributed by atoms with Crippen LogP contribution < -0.4 is 17.7 Å². The predicted molar refractivity (Wildman–Crippen MR) is 88.3 cm³/mol. The Morgan fingerprint density at radius 2 is 1.68 bits per heavy atom. The summed E-state index contributed by atoms with van der Waals surface area (Å²) in [6.45, 7) is 4.10. The van der Waals surface area contributed by atoms with Gasteiger partial charge >= 0.3 is 0 Å². The molecule has 1 aliphatic carbocycles. The number of halogens is 1. The summed E-state index contributed by atoms with van der Waals surface area (Å²) in [6, 6.07) is 7.91. The Labute approximate surface area is 140 Å². The van der Waals surface area contributed by atoms with Gasteiger partial charge in [0.2, 0.25) is 0 Å². The summed E-state index contributed by atoms with van der Waals surface area (Å²) >= 11 is 0. The number of phenols is 1. The van der Waals surface area contributed by atoms with Gasteiger partial charge < -0.3 is 27.4 Å². The van der Waals surface area contributed by atoms with E-state index in [1.54, 1.807) is 12.1 Å². The summed E-state index contributed by atoms with van der Waals surface area (Å²) in [5.74, 6) is 0.328. The van der Waals surface area contributed by atoms with Crippen molar-refractivity contribution in [2.45, 2.75) is 57.8 Å². The van der Waals surface area contributed by atoms with E-state index in [-0.39, 0.29) is 23.9 Å². The topological polar surface area (TPSA) is 53.9 Å². The molecule has 3 N–H and O–H groups in total. The monoisotopic (exact) mass is 345 g/mol. The lowest BCUT2D eigenvalue weighted by atomic mass is 9.95. The number of nitrogens with two attached hydrogens (primary N) is 1. The molecule has 1 atom stereocenters. The van der Waals surface area contributed by atoms with Crippen molar-refractivity contribution in [1.29, 1.82) is 0 Å². The van der Waals surface area contributed by atoms with Crippen molar-refractivity contribution in [2.24, 2.45) is 0 Å². The average molecular weight is 346 g/mol. The van der Waals surface area contributed by atoms with Crippen LogP contribution in [0.2, 0.25) is 0 Å². The zero-order valence-electron chi connectivity index (χ0n) is 13.7. The van der Waals surface area contributed by atoms with Crippen LogP contribution in [-0.4, -0.2) is 23.5 Å². The minimum atomic E-state index is -2.23. The summed E-state index contributed by atoms with van der Waals surface area (Å²) in [5.41, 5.74) is 1.10. The minimum Gasteiger partial charge on any atom is -1.00 e. The second kappa shape index (κ2) is 8.96. The van der Waals surface area contributed by atoms with Gasteiger partial charge in [0.05, 0.1) is 6.04 Å². The van der Waals surface area contributed by atoms with E-state index in [0.29, 0.717) is 6.04 Å². The normalized spacial score (nSPS) is 17.7. The zero-order valence-corrected chi connectivity index (χ0v) is 15.3. The molecule has 0 bridgehead atoms. The van der Waals surface area contributed by atoms with Crippen molar-refractivity contribution >= 4 is 7.14 Å². The third kappa shape index (κ3) is 4.75. The first-order valence-corrected chi connectivity index (χ1v) is 10.5. The van der Waals surface area contributed by atoms with Gasteiger partial charge in [-0.2, -0.15) is 0 Å². The molecule has 0 aromatic heterocycles. The Bertz CT molecular complexity index is 478. The van der Waals surface area contributed by atoms with Gasteiger partial charge in [-0.3, -0.25) is 0 Å². The smallest absolute Gasteiger partial charge is 0.164 e. The molecule has 1 aromatic carbocycles. The fraction of sp³-hybridized carbons (Fsp3) is 0.647. The molecule has 0 aliphatic heterocycles.